The number of anilines is 1. The molecule has 0 aliphatic carbocycles. The second-order valence-electron chi connectivity index (χ2n) is 7.34. The van der Waals surface area contributed by atoms with Gasteiger partial charge in [-0.3, -0.25) is 4.79 Å². The van der Waals surface area contributed by atoms with E-state index in [-0.39, 0.29) is 18.4 Å². The first-order chi connectivity index (χ1) is 13.6. The number of aryl methyl sites for hydroxylation is 2. The average molecular weight is 379 g/mol. The summed E-state index contributed by atoms with van der Waals surface area (Å²) in [4.78, 5) is 12.5. The average Bonchev–Trinajstić information content (AvgIpc) is 3.34. The molecule has 146 valence electrons. The number of nitrogens with one attached hydrogen (secondary N) is 1. The molecule has 5 nitrogen and oxygen atoms in total. The van der Waals surface area contributed by atoms with E-state index >= 15 is 0 Å². The van der Waals surface area contributed by atoms with Crippen LogP contribution >= 0.6 is 0 Å². The van der Waals surface area contributed by atoms with Crippen molar-refractivity contribution in [3.63, 3.8) is 0 Å². The molecule has 1 aromatic heterocycles. The van der Waals surface area contributed by atoms with E-state index < -0.39 is 0 Å². The van der Waals surface area contributed by atoms with Crippen molar-refractivity contribution in [3.05, 3.63) is 59.4 Å². The SMILES string of the molecule is Cc1ccc2c(CC(=O)Nc3cccc(OCC4CCCO4)c3)coc2c1C. The zero-order chi connectivity index (χ0) is 19.5. The molecule has 2 aromatic carbocycles. The molecule has 5 heteroatoms. The molecule has 1 atom stereocenters. The van der Waals surface area contributed by atoms with E-state index in [0.29, 0.717) is 6.61 Å². The fraction of sp³-hybridized carbons (Fsp3) is 0.348. The minimum Gasteiger partial charge on any atom is -0.491 e. The van der Waals surface area contributed by atoms with E-state index in [1.807, 2.05) is 37.3 Å². The third-order valence-electron chi connectivity index (χ3n) is 5.27. The maximum Gasteiger partial charge on any atom is 0.228 e. The molecule has 3 aromatic rings. The van der Waals surface area contributed by atoms with Crippen LogP contribution in [0.15, 0.2) is 47.1 Å². The molecule has 0 spiro atoms. The van der Waals surface area contributed by atoms with Crippen LogP contribution in [0.5, 0.6) is 5.75 Å². The largest absolute Gasteiger partial charge is 0.491 e. The highest BCUT2D eigenvalue weighted by atomic mass is 16.5. The van der Waals surface area contributed by atoms with Gasteiger partial charge in [-0.15, -0.1) is 0 Å². The smallest absolute Gasteiger partial charge is 0.228 e. The zero-order valence-electron chi connectivity index (χ0n) is 16.3. The van der Waals surface area contributed by atoms with Crippen molar-refractivity contribution in [1.29, 1.82) is 0 Å². The Labute approximate surface area is 164 Å². The third kappa shape index (κ3) is 4.04. The van der Waals surface area contributed by atoms with Crippen LogP contribution in [0.3, 0.4) is 0 Å². The van der Waals surface area contributed by atoms with Crippen LogP contribution in [0, 0.1) is 13.8 Å². The lowest BCUT2D eigenvalue weighted by atomic mass is 10.0. The van der Waals surface area contributed by atoms with E-state index in [1.165, 1.54) is 5.56 Å². The summed E-state index contributed by atoms with van der Waals surface area (Å²) >= 11 is 0. The van der Waals surface area contributed by atoms with Gasteiger partial charge in [0.1, 0.15) is 17.9 Å². The quantitative estimate of drug-likeness (QED) is 0.669. The van der Waals surface area contributed by atoms with Gasteiger partial charge in [-0.1, -0.05) is 18.2 Å². The second-order valence-corrected chi connectivity index (χ2v) is 7.34. The van der Waals surface area contributed by atoms with Crippen LogP contribution in [0.2, 0.25) is 0 Å². The summed E-state index contributed by atoms with van der Waals surface area (Å²) in [5.74, 6) is 0.644. The minimum atomic E-state index is -0.0859. The second kappa shape index (κ2) is 8.07. The van der Waals surface area contributed by atoms with Crippen molar-refractivity contribution >= 4 is 22.6 Å². The molecule has 1 saturated heterocycles. The fourth-order valence-corrected chi connectivity index (χ4v) is 3.53. The molecule has 0 saturated carbocycles. The maximum atomic E-state index is 12.5. The summed E-state index contributed by atoms with van der Waals surface area (Å²) in [5.41, 5.74) is 4.75. The van der Waals surface area contributed by atoms with Gasteiger partial charge in [0.05, 0.1) is 18.8 Å². The predicted octanol–water partition coefficient (Wildman–Crippen LogP) is 4.79. The van der Waals surface area contributed by atoms with Gasteiger partial charge < -0.3 is 19.2 Å². The van der Waals surface area contributed by atoms with Crippen LogP contribution in [0.25, 0.3) is 11.0 Å². The Bertz CT molecular complexity index is 985. The topological polar surface area (TPSA) is 60.7 Å². The van der Waals surface area contributed by atoms with Crippen molar-refractivity contribution in [1.82, 2.24) is 0 Å². The van der Waals surface area contributed by atoms with E-state index in [9.17, 15) is 4.79 Å². The first-order valence-corrected chi connectivity index (χ1v) is 9.71. The molecule has 28 heavy (non-hydrogen) atoms. The first kappa shape index (κ1) is 18.6. The van der Waals surface area contributed by atoms with Crippen LogP contribution < -0.4 is 10.1 Å². The number of furan rings is 1. The van der Waals surface area contributed by atoms with Gasteiger partial charge in [-0.2, -0.15) is 0 Å². The molecular formula is C23H25NO4. The van der Waals surface area contributed by atoms with Gasteiger partial charge >= 0.3 is 0 Å². The summed E-state index contributed by atoms with van der Waals surface area (Å²) in [6.07, 6.45) is 4.23. The number of benzene rings is 2. The molecule has 0 bridgehead atoms. The van der Waals surface area contributed by atoms with Crippen LogP contribution in [0.1, 0.15) is 29.5 Å². The van der Waals surface area contributed by atoms with Crippen LogP contribution in [-0.4, -0.2) is 25.2 Å². The zero-order valence-corrected chi connectivity index (χ0v) is 16.3. The van der Waals surface area contributed by atoms with Gasteiger partial charge in [-0.05, 0) is 49.9 Å². The monoisotopic (exact) mass is 379 g/mol. The molecule has 4 rings (SSSR count). The third-order valence-corrected chi connectivity index (χ3v) is 5.27. The number of carbonyl (C=O) groups is 1. The molecule has 2 heterocycles. The molecule has 0 radical (unpaired) electrons. The summed E-state index contributed by atoms with van der Waals surface area (Å²) in [5, 5.41) is 3.94. The molecule has 1 amide bonds. The van der Waals surface area contributed by atoms with E-state index in [2.05, 4.69) is 18.3 Å². The molecule has 1 N–H and O–H groups in total. The number of rotatable bonds is 6. The van der Waals surface area contributed by atoms with Gasteiger partial charge in [-0.25, -0.2) is 0 Å². The Morgan fingerprint density at radius 2 is 2.14 bits per heavy atom. The highest BCUT2D eigenvalue weighted by Gasteiger charge is 2.16. The van der Waals surface area contributed by atoms with E-state index in [4.69, 9.17) is 13.9 Å². The molecule has 1 fully saturated rings. The van der Waals surface area contributed by atoms with Crippen molar-refractivity contribution in [2.75, 3.05) is 18.5 Å². The van der Waals surface area contributed by atoms with Gasteiger partial charge in [0, 0.05) is 29.3 Å². The molecule has 1 unspecified atom stereocenters. The Morgan fingerprint density at radius 1 is 1.25 bits per heavy atom. The Hall–Kier alpha value is -2.79. The Kier molecular flexibility index (Phi) is 5.35. The Morgan fingerprint density at radius 3 is 2.96 bits per heavy atom. The first-order valence-electron chi connectivity index (χ1n) is 9.71. The number of fused-ring (bicyclic) bond motifs is 1. The summed E-state index contributed by atoms with van der Waals surface area (Å²) in [6.45, 7) is 5.44. The lowest BCUT2D eigenvalue weighted by Crippen LogP contribution is -2.17. The van der Waals surface area contributed by atoms with Gasteiger partial charge in [0.15, 0.2) is 0 Å². The van der Waals surface area contributed by atoms with Crippen molar-refractivity contribution < 1.29 is 18.7 Å². The number of amides is 1. The Balaban J connectivity index is 1.40. The van der Waals surface area contributed by atoms with E-state index in [1.54, 1.807) is 6.26 Å². The lowest BCUT2D eigenvalue weighted by molar-refractivity contribution is -0.115. The maximum absolute atomic E-state index is 12.5. The fourth-order valence-electron chi connectivity index (χ4n) is 3.53. The van der Waals surface area contributed by atoms with Gasteiger partial charge in [0.2, 0.25) is 5.91 Å². The summed E-state index contributed by atoms with van der Waals surface area (Å²) < 4.78 is 17.1. The van der Waals surface area contributed by atoms with Crippen molar-refractivity contribution in [3.8, 4) is 5.75 Å². The van der Waals surface area contributed by atoms with Crippen molar-refractivity contribution in [2.45, 2.75) is 39.2 Å². The summed E-state index contributed by atoms with van der Waals surface area (Å²) in [7, 11) is 0. The van der Waals surface area contributed by atoms with Crippen LogP contribution in [-0.2, 0) is 16.0 Å². The standard InChI is InChI=1S/C23H25NO4/c1-15-8-9-21-17(13-28-23(21)16(15)2)11-22(25)24-18-5-3-6-19(12-18)27-14-20-7-4-10-26-20/h3,5-6,8-9,12-13,20H,4,7,10-11,14H2,1-2H3,(H,24,25). The lowest BCUT2D eigenvalue weighted by Gasteiger charge is -2.12. The summed E-state index contributed by atoms with van der Waals surface area (Å²) in [6, 6.07) is 11.5. The minimum absolute atomic E-state index is 0.0859. The van der Waals surface area contributed by atoms with Crippen molar-refractivity contribution in [2.24, 2.45) is 0 Å². The molecular weight excluding hydrogens is 354 g/mol. The van der Waals surface area contributed by atoms with Gasteiger partial charge in [0.25, 0.3) is 0 Å². The van der Waals surface area contributed by atoms with E-state index in [0.717, 1.165) is 53.0 Å². The number of hydrogen-bond donors (Lipinski definition) is 1. The molecule has 1 aliphatic rings. The number of carbonyl (C=O) groups excluding carboxylic acids is 1. The molecule has 1 aliphatic heterocycles. The number of hydrogen-bond acceptors (Lipinski definition) is 4. The number of ether oxygens (including phenoxy) is 2. The normalized spacial score (nSPS) is 16.4. The highest BCUT2D eigenvalue weighted by Crippen LogP contribution is 2.27. The van der Waals surface area contributed by atoms with Crippen LogP contribution in [0.4, 0.5) is 5.69 Å². The predicted molar refractivity (Wildman–Crippen MR) is 109 cm³/mol. The highest BCUT2D eigenvalue weighted by molar-refractivity contribution is 5.96.